The first kappa shape index (κ1) is 30.0. The highest BCUT2D eigenvalue weighted by Gasteiger charge is 2.14. The Labute approximate surface area is 274 Å². The maximum atomic E-state index is 3.84. The van der Waals surface area contributed by atoms with Crippen molar-refractivity contribution >= 4 is 68.0 Å². The van der Waals surface area contributed by atoms with E-state index in [1.807, 2.05) is 74.1 Å². The average molecular weight is 661 g/mol. The molecule has 0 aromatic carbocycles. The van der Waals surface area contributed by atoms with Gasteiger partial charge < -0.3 is 0 Å². The van der Waals surface area contributed by atoms with Gasteiger partial charge in [-0.25, -0.2) is 0 Å². The number of hydrogen-bond acceptors (Lipinski definition) is 6. The fraction of sp³-hybridized carbons (Fsp3) is 0.278. The number of thiophene rings is 6. The van der Waals surface area contributed by atoms with Crippen molar-refractivity contribution in [2.24, 2.45) is 0 Å². The third kappa shape index (κ3) is 7.35. The SMILES string of the molecule is C=CCCCCc1ccc(-c2ccc(-c3ccc(-c4ccc(-c5ccc(-c6ccc(CCCCCC)s6)s5)s4)s3)s2)s1. The molecule has 0 aliphatic rings. The van der Waals surface area contributed by atoms with Crippen LogP contribution in [0.4, 0.5) is 0 Å². The van der Waals surface area contributed by atoms with Crippen LogP contribution in [0.25, 0.3) is 48.8 Å². The molecule has 42 heavy (non-hydrogen) atoms. The van der Waals surface area contributed by atoms with Gasteiger partial charge in [-0.05, 0) is 111 Å². The predicted molar refractivity (Wildman–Crippen MR) is 196 cm³/mol. The summed E-state index contributed by atoms with van der Waals surface area (Å²) in [4.78, 5) is 16.8. The lowest BCUT2D eigenvalue weighted by Gasteiger charge is -1.96. The molecule has 6 aromatic rings. The van der Waals surface area contributed by atoms with Gasteiger partial charge in [-0.3, -0.25) is 0 Å². The summed E-state index contributed by atoms with van der Waals surface area (Å²) < 4.78 is 0. The van der Waals surface area contributed by atoms with Gasteiger partial charge in [-0.15, -0.1) is 74.6 Å². The minimum absolute atomic E-state index is 1.12. The summed E-state index contributed by atoms with van der Waals surface area (Å²) in [5.41, 5.74) is 0. The lowest BCUT2D eigenvalue weighted by Crippen LogP contribution is -1.80. The van der Waals surface area contributed by atoms with E-state index >= 15 is 0 Å². The largest absolute Gasteiger partial charge is 0.139 e. The molecule has 0 radical (unpaired) electrons. The Balaban J connectivity index is 1.09. The molecule has 0 nitrogen and oxygen atoms in total. The van der Waals surface area contributed by atoms with E-state index in [1.54, 1.807) is 0 Å². The number of aryl methyl sites for hydroxylation is 2. The molecule has 6 heterocycles. The zero-order valence-electron chi connectivity index (χ0n) is 24.0. The van der Waals surface area contributed by atoms with Crippen molar-refractivity contribution in [3.8, 4) is 48.8 Å². The first-order valence-corrected chi connectivity index (χ1v) is 19.8. The molecule has 0 unspecified atom stereocenters. The van der Waals surface area contributed by atoms with Crippen LogP contribution in [-0.4, -0.2) is 0 Å². The van der Waals surface area contributed by atoms with Crippen LogP contribution in [0.2, 0.25) is 0 Å². The van der Waals surface area contributed by atoms with E-state index < -0.39 is 0 Å². The summed E-state index contributed by atoms with van der Waals surface area (Å²) in [6.45, 7) is 6.11. The lowest BCUT2D eigenvalue weighted by atomic mass is 10.1. The topological polar surface area (TPSA) is 0 Å². The molecule has 216 valence electrons. The van der Waals surface area contributed by atoms with Gasteiger partial charge in [0, 0.05) is 58.5 Å². The zero-order chi connectivity index (χ0) is 28.7. The molecule has 0 saturated heterocycles. The Morgan fingerprint density at radius 1 is 0.429 bits per heavy atom. The molecule has 0 aliphatic heterocycles. The zero-order valence-corrected chi connectivity index (χ0v) is 28.9. The molecule has 0 amide bonds. The van der Waals surface area contributed by atoms with Gasteiger partial charge in [0.25, 0.3) is 0 Å². The van der Waals surface area contributed by atoms with Gasteiger partial charge in [0.15, 0.2) is 0 Å². The van der Waals surface area contributed by atoms with Gasteiger partial charge in [-0.1, -0.05) is 32.3 Å². The monoisotopic (exact) mass is 660 g/mol. The number of rotatable bonds is 15. The van der Waals surface area contributed by atoms with Crippen LogP contribution in [0, 0.1) is 0 Å². The maximum absolute atomic E-state index is 3.84. The van der Waals surface area contributed by atoms with E-state index in [0.29, 0.717) is 0 Å². The Kier molecular flexibility index (Phi) is 10.4. The van der Waals surface area contributed by atoms with Gasteiger partial charge in [0.1, 0.15) is 0 Å². The second kappa shape index (κ2) is 14.6. The number of hydrogen-bond donors (Lipinski definition) is 0. The molecule has 0 aliphatic carbocycles. The highest BCUT2D eigenvalue weighted by molar-refractivity contribution is 7.30. The van der Waals surface area contributed by atoms with Crippen LogP contribution in [0.1, 0.15) is 61.6 Å². The van der Waals surface area contributed by atoms with Crippen molar-refractivity contribution < 1.29 is 0 Å². The molecule has 0 bridgehead atoms. The Bertz CT molecular complexity index is 1710. The van der Waals surface area contributed by atoms with Crippen LogP contribution in [0.3, 0.4) is 0 Å². The van der Waals surface area contributed by atoms with E-state index in [1.165, 1.54) is 110 Å². The molecule has 0 saturated carbocycles. The van der Waals surface area contributed by atoms with Crippen LogP contribution in [0.5, 0.6) is 0 Å². The minimum Gasteiger partial charge on any atom is -0.139 e. The van der Waals surface area contributed by atoms with E-state index in [0.717, 1.165) is 6.42 Å². The highest BCUT2D eigenvalue weighted by Crippen LogP contribution is 2.46. The number of unbranched alkanes of at least 4 members (excludes halogenated alkanes) is 5. The first-order chi connectivity index (χ1) is 20.7. The molecule has 0 spiro atoms. The second-order valence-electron chi connectivity index (χ2n) is 10.5. The lowest BCUT2D eigenvalue weighted by molar-refractivity contribution is 0.670. The third-order valence-corrected chi connectivity index (χ3v) is 14.9. The van der Waals surface area contributed by atoms with Crippen LogP contribution >= 0.6 is 68.0 Å². The van der Waals surface area contributed by atoms with Crippen LogP contribution in [0.15, 0.2) is 85.5 Å². The van der Waals surface area contributed by atoms with Crippen molar-refractivity contribution in [1.29, 1.82) is 0 Å². The Morgan fingerprint density at radius 3 is 1.12 bits per heavy atom. The standard InChI is InChI=1S/C36H36S6/c1-3-5-7-9-11-25-13-15-27(37-25)29-17-19-31(39-29)33-21-23-35(41-33)36-24-22-34(42-36)32-20-18-30(40-32)28-16-14-26(38-28)12-10-8-6-4-2/h3,13-24H,1,4-12H2,2H3. The third-order valence-electron chi connectivity index (χ3n) is 7.32. The van der Waals surface area contributed by atoms with Gasteiger partial charge in [0.05, 0.1) is 0 Å². The fourth-order valence-corrected chi connectivity index (χ4v) is 11.6. The van der Waals surface area contributed by atoms with Crippen molar-refractivity contribution in [3.05, 3.63) is 95.2 Å². The fourth-order valence-electron chi connectivity index (χ4n) is 5.01. The van der Waals surface area contributed by atoms with Crippen LogP contribution < -0.4 is 0 Å². The average Bonchev–Trinajstić information content (AvgIpc) is 3.83. The Morgan fingerprint density at radius 2 is 0.762 bits per heavy atom. The van der Waals surface area contributed by atoms with Gasteiger partial charge >= 0.3 is 0 Å². The summed E-state index contributed by atoms with van der Waals surface area (Å²) >= 11 is 11.6. The van der Waals surface area contributed by atoms with Crippen LogP contribution in [-0.2, 0) is 12.8 Å². The summed E-state index contributed by atoms with van der Waals surface area (Å²) in [7, 11) is 0. The van der Waals surface area contributed by atoms with E-state index in [-0.39, 0.29) is 0 Å². The molecule has 6 heteroatoms. The van der Waals surface area contributed by atoms with E-state index in [4.69, 9.17) is 0 Å². The van der Waals surface area contributed by atoms with Crippen molar-refractivity contribution in [2.75, 3.05) is 0 Å². The van der Waals surface area contributed by atoms with Crippen molar-refractivity contribution in [3.63, 3.8) is 0 Å². The molecule has 6 rings (SSSR count). The highest BCUT2D eigenvalue weighted by atomic mass is 32.1. The first-order valence-electron chi connectivity index (χ1n) is 14.9. The summed E-state index contributed by atoms with van der Waals surface area (Å²) in [6.07, 6.45) is 13.3. The predicted octanol–water partition coefficient (Wildman–Crippen LogP) is 14.4. The maximum Gasteiger partial charge on any atom is 0.0449 e. The smallest absolute Gasteiger partial charge is 0.0449 e. The van der Waals surface area contributed by atoms with Crippen molar-refractivity contribution in [2.45, 2.75) is 64.7 Å². The summed E-state index contributed by atoms with van der Waals surface area (Å²) in [5.74, 6) is 0. The molecular formula is C36H36S6. The second-order valence-corrected chi connectivity index (χ2v) is 17.2. The van der Waals surface area contributed by atoms with Gasteiger partial charge in [-0.2, -0.15) is 0 Å². The van der Waals surface area contributed by atoms with E-state index in [2.05, 4.69) is 86.3 Å². The Hall–Kier alpha value is -2.06. The molecule has 0 N–H and O–H groups in total. The van der Waals surface area contributed by atoms with Crippen molar-refractivity contribution in [1.82, 2.24) is 0 Å². The molecule has 0 atom stereocenters. The summed E-state index contributed by atoms with van der Waals surface area (Å²) in [6, 6.07) is 27.7. The molecule has 0 fully saturated rings. The summed E-state index contributed by atoms with van der Waals surface area (Å²) in [5, 5.41) is 0. The number of allylic oxidation sites excluding steroid dienone is 1. The quantitative estimate of drug-likeness (QED) is 0.0759. The van der Waals surface area contributed by atoms with Gasteiger partial charge in [0.2, 0.25) is 0 Å². The molecular weight excluding hydrogens is 625 g/mol. The molecule has 6 aromatic heterocycles. The normalized spacial score (nSPS) is 11.5. The minimum atomic E-state index is 1.12. The van der Waals surface area contributed by atoms with E-state index in [9.17, 15) is 0 Å².